The van der Waals surface area contributed by atoms with Gasteiger partial charge in [-0.3, -0.25) is 14.4 Å². The number of aliphatic hydroxyl groups is 2. The quantitative estimate of drug-likeness (QED) is 0.0419. The summed E-state index contributed by atoms with van der Waals surface area (Å²) in [6, 6.07) is 3.52. The zero-order chi connectivity index (χ0) is 49.0. The summed E-state index contributed by atoms with van der Waals surface area (Å²) >= 11 is 0. The number of carbonyl (C=O) groups is 2. The number of esters is 1. The molecular formula is C49H61N5O13. The summed E-state index contributed by atoms with van der Waals surface area (Å²) < 4.78 is 30.8. The fourth-order valence-electron chi connectivity index (χ4n) is 9.75. The molecule has 0 aromatic heterocycles. The largest absolute Gasteiger partial charge is 0.507 e. The molecule has 4 heterocycles. The predicted molar refractivity (Wildman–Crippen MR) is 251 cm³/mol. The second kappa shape index (κ2) is 18.8. The van der Waals surface area contributed by atoms with Crippen molar-refractivity contribution in [3.05, 3.63) is 69.6 Å². The molecule has 0 spiro atoms. The number of phenolic OH excluding ortho intramolecular Hbond substituents is 2. The highest BCUT2D eigenvalue weighted by molar-refractivity contribution is 6.24. The number of benzene rings is 3. The number of piperazine rings is 1. The molecule has 2 aromatic rings. The van der Waals surface area contributed by atoms with E-state index >= 15 is 0 Å². The van der Waals surface area contributed by atoms with Gasteiger partial charge in [0.1, 0.15) is 40.3 Å². The van der Waals surface area contributed by atoms with Crippen LogP contribution in [0.1, 0.15) is 73.4 Å². The molecule has 1 fully saturated rings. The Balaban J connectivity index is 1.47. The lowest BCUT2D eigenvalue weighted by atomic mass is 9.78. The number of nitrogens with one attached hydrogen (secondary N) is 2. The number of allylic oxidation sites excluding steroid dienone is 2. The van der Waals surface area contributed by atoms with Crippen LogP contribution in [0.3, 0.4) is 0 Å². The van der Waals surface area contributed by atoms with E-state index in [2.05, 4.69) is 34.5 Å². The number of aromatic nitrogens is 1. The average molecular weight is 928 g/mol. The van der Waals surface area contributed by atoms with Crippen LogP contribution in [0.2, 0.25) is 0 Å². The van der Waals surface area contributed by atoms with E-state index in [9.17, 15) is 40.0 Å². The van der Waals surface area contributed by atoms with E-state index < -0.39 is 76.9 Å². The molecule has 2 aromatic carbocycles. The highest BCUT2D eigenvalue weighted by Gasteiger charge is 2.49. The third kappa shape index (κ3) is 8.90. The number of anilines is 2. The topological polar surface area (TPSA) is 255 Å². The molecule has 0 radical (unpaired) electrons. The van der Waals surface area contributed by atoms with E-state index in [1.54, 1.807) is 52.0 Å². The molecule has 18 nitrogen and oxygen atoms in total. The predicted octanol–water partition coefficient (Wildman–Crippen LogP) is 5.84. The molecule has 7 rings (SSSR count). The number of aromatic hydroxyl groups is 2. The molecule has 4 aliphatic heterocycles. The lowest BCUT2D eigenvalue weighted by Crippen LogP contribution is -2.54. The molecule has 7 N–H and O–H groups in total. The van der Waals surface area contributed by atoms with Gasteiger partial charge < -0.3 is 64.5 Å². The number of hydrogen-bond acceptors (Lipinski definition) is 17. The molecule has 360 valence electrons. The number of amides is 1. The summed E-state index contributed by atoms with van der Waals surface area (Å²) in [5.74, 6) is -6.82. The number of carbonyl (C=O) groups excluding carboxylic acids is 2. The second-order valence-electron chi connectivity index (χ2n) is 18.5. The van der Waals surface area contributed by atoms with E-state index in [0.29, 0.717) is 18.8 Å². The molecule has 1 amide bonds. The number of aliphatic hydroxyl groups excluding tert-OH is 2. The Labute approximate surface area is 387 Å². The van der Waals surface area contributed by atoms with Crippen molar-refractivity contribution < 1.29 is 58.6 Å². The van der Waals surface area contributed by atoms with E-state index in [0.717, 1.165) is 0 Å². The van der Waals surface area contributed by atoms with Gasteiger partial charge in [-0.15, -0.1) is 0 Å². The Kier molecular flexibility index (Phi) is 13.7. The molecule has 2 unspecified atom stereocenters. The maximum atomic E-state index is 14.9. The molecular weight excluding hydrogens is 867 g/mol. The zero-order valence-electron chi connectivity index (χ0n) is 39.6. The first-order chi connectivity index (χ1) is 31.6. The summed E-state index contributed by atoms with van der Waals surface area (Å²) in [4.78, 5) is 48.4. The maximum Gasteiger partial charge on any atom is 0.302 e. The number of nitrogens with zero attached hydrogens (tertiary/aromatic N) is 3. The molecule has 1 saturated heterocycles. The lowest BCUT2D eigenvalue weighted by molar-refractivity contribution is -0.160. The molecule has 0 saturated carbocycles. The summed E-state index contributed by atoms with van der Waals surface area (Å²) in [5.41, 5.74) is -0.645. The van der Waals surface area contributed by atoms with Crippen molar-refractivity contribution in [3.63, 3.8) is 0 Å². The molecule has 11 atom stereocenters. The van der Waals surface area contributed by atoms with Crippen molar-refractivity contribution in [1.29, 1.82) is 0 Å². The van der Waals surface area contributed by atoms with Crippen LogP contribution < -0.4 is 25.7 Å². The highest BCUT2D eigenvalue weighted by atomic mass is 16.7. The van der Waals surface area contributed by atoms with Crippen molar-refractivity contribution >= 4 is 50.8 Å². The van der Waals surface area contributed by atoms with Gasteiger partial charge in [0.2, 0.25) is 5.43 Å². The standard InChI is InChI=1S/C49H61N5O13/c1-21-13-12-14-22(2)48(61)52-39-43(60)35-34(38-46(39)66-33-18-30(17-31(56)37(33)51-38)54-19-23(3)50-24(4)20-54)36-45(28(8)42(35)59)67-49(10,47(36)53-62)64-16-15-32(63-11)25(5)44(65-29(9)55)27(7)41(58)26(6)40(21)57/h12-18,21,23-27,32,40-41,44,50,56-59,62H,19-20H2,1-11H3,(H,52,61)/b13-12+,16-15+,22-14-,53-47-/t21-,23?,24?,25+,26+,27+,32-,40-,41+,44+,49-/m0/s1. The Hall–Kier alpha value is -6.21. The highest BCUT2D eigenvalue weighted by Crippen LogP contribution is 2.51. The fraction of sp³-hybridized carbons (Fsp3) is 0.490. The normalized spacial score (nSPS) is 32.2. The van der Waals surface area contributed by atoms with Gasteiger partial charge in [0.15, 0.2) is 17.1 Å². The number of rotatable bonds is 3. The minimum atomic E-state index is -1.93. The Morgan fingerprint density at radius 2 is 1.66 bits per heavy atom. The van der Waals surface area contributed by atoms with Crippen LogP contribution >= 0.6 is 0 Å². The summed E-state index contributed by atoms with van der Waals surface area (Å²) in [6.45, 7) is 18.0. The van der Waals surface area contributed by atoms with Gasteiger partial charge in [-0.05, 0) is 33.8 Å². The SMILES string of the molecule is CO[C@H]1/C=C/O[C@@]2(C)Oc3c(C)c(O)c4c(=O)c(c5oc6cc(N7CC(C)NC(C)C7)cc(O)c6nc-5c4c3/C2=N/O)NC(=O)/C(C)=C\C=C\[C@H](C)[C@H](O)[C@@H](C)[C@@H](O)[C@@H](C)[C@H](OC(C)=O)[C@@H]1C. The first-order valence-corrected chi connectivity index (χ1v) is 22.4. The third-order valence-corrected chi connectivity index (χ3v) is 13.5. The van der Waals surface area contributed by atoms with Crippen molar-refractivity contribution in [1.82, 2.24) is 10.3 Å². The fourth-order valence-corrected chi connectivity index (χ4v) is 9.75. The second-order valence-corrected chi connectivity index (χ2v) is 18.5. The van der Waals surface area contributed by atoms with Gasteiger partial charge in [0, 0.05) is 104 Å². The lowest BCUT2D eigenvalue weighted by Gasteiger charge is -2.38. The monoisotopic (exact) mass is 927 g/mol. The van der Waals surface area contributed by atoms with Gasteiger partial charge in [-0.1, -0.05) is 51.1 Å². The zero-order valence-corrected chi connectivity index (χ0v) is 39.6. The smallest absolute Gasteiger partial charge is 0.302 e. The van der Waals surface area contributed by atoms with Crippen LogP contribution in [0, 0.1) is 30.6 Å². The number of phenols is 2. The third-order valence-electron chi connectivity index (χ3n) is 13.5. The van der Waals surface area contributed by atoms with Gasteiger partial charge in [0.05, 0.1) is 35.5 Å². The Morgan fingerprint density at radius 1 is 0.970 bits per heavy atom. The van der Waals surface area contributed by atoms with Crippen molar-refractivity contribution in [2.24, 2.45) is 28.8 Å². The van der Waals surface area contributed by atoms with Gasteiger partial charge in [-0.25, -0.2) is 4.98 Å². The van der Waals surface area contributed by atoms with Gasteiger partial charge in [-0.2, -0.15) is 0 Å². The average Bonchev–Trinajstić information content (AvgIpc) is 3.58. The van der Waals surface area contributed by atoms with Crippen LogP contribution in [0.25, 0.3) is 33.3 Å². The van der Waals surface area contributed by atoms with Crippen LogP contribution in [-0.4, -0.2) is 111 Å². The Morgan fingerprint density at radius 3 is 2.30 bits per heavy atom. The summed E-state index contributed by atoms with van der Waals surface area (Å²) in [7, 11) is 1.44. The van der Waals surface area contributed by atoms with E-state index in [1.807, 2.05) is 0 Å². The molecule has 4 bridgehead atoms. The molecule has 5 aliphatic rings. The van der Waals surface area contributed by atoms with Gasteiger partial charge >= 0.3 is 5.97 Å². The Bertz CT molecular complexity index is 2740. The van der Waals surface area contributed by atoms with Crippen LogP contribution in [0.5, 0.6) is 17.2 Å². The van der Waals surface area contributed by atoms with E-state index in [-0.39, 0.29) is 85.0 Å². The van der Waals surface area contributed by atoms with E-state index in [1.165, 1.54) is 53.2 Å². The van der Waals surface area contributed by atoms with Crippen molar-refractivity contribution in [2.45, 2.75) is 112 Å². The molecule has 1 aliphatic carbocycles. The van der Waals surface area contributed by atoms with E-state index in [4.69, 9.17) is 28.3 Å². The van der Waals surface area contributed by atoms with Crippen LogP contribution in [0.15, 0.2) is 62.6 Å². The van der Waals surface area contributed by atoms with Gasteiger partial charge in [0.25, 0.3) is 11.7 Å². The first-order valence-electron chi connectivity index (χ1n) is 22.4. The maximum absolute atomic E-state index is 14.9. The number of hydrogen-bond donors (Lipinski definition) is 7. The van der Waals surface area contributed by atoms with Crippen molar-refractivity contribution in [2.75, 3.05) is 30.4 Å². The number of ether oxygens (including phenoxy) is 4. The minimum absolute atomic E-state index is 0.00418. The first kappa shape index (κ1) is 48.7. The molecule has 67 heavy (non-hydrogen) atoms. The summed E-state index contributed by atoms with van der Waals surface area (Å²) in [5, 5.41) is 66.8. The summed E-state index contributed by atoms with van der Waals surface area (Å²) in [6.07, 6.45) is 3.57. The number of methoxy groups -OCH3 is 1. The number of oxime groups is 1. The van der Waals surface area contributed by atoms with Crippen LogP contribution in [-0.2, 0) is 23.8 Å². The minimum Gasteiger partial charge on any atom is -0.507 e. The van der Waals surface area contributed by atoms with Crippen molar-refractivity contribution in [3.8, 4) is 28.7 Å². The molecule has 18 heteroatoms. The van der Waals surface area contributed by atoms with Crippen LogP contribution in [0.4, 0.5) is 11.4 Å². The number of fused-ring (bicyclic) bond motifs is 2.